The van der Waals surface area contributed by atoms with E-state index in [1.54, 1.807) is 30.2 Å². The maximum atomic E-state index is 13.2. The zero-order chi connectivity index (χ0) is 21.1. The molecule has 6 heteroatoms. The Hall–Kier alpha value is -3.31. The van der Waals surface area contributed by atoms with Crippen LogP contribution in [0.5, 0.6) is 5.75 Å². The van der Waals surface area contributed by atoms with Crippen LogP contribution in [0.4, 0.5) is 0 Å². The van der Waals surface area contributed by atoms with Crippen molar-refractivity contribution in [1.29, 1.82) is 0 Å². The average molecular weight is 421 g/mol. The number of amides is 2. The molecule has 0 bridgehead atoms. The molecule has 0 spiro atoms. The molecule has 4 rings (SSSR count). The van der Waals surface area contributed by atoms with E-state index in [4.69, 9.17) is 16.3 Å². The molecule has 0 aliphatic carbocycles. The van der Waals surface area contributed by atoms with E-state index in [1.165, 1.54) is 0 Å². The van der Waals surface area contributed by atoms with Gasteiger partial charge in [0.2, 0.25) is 5.91 Å². The third-order valence-corrected chi connectivity index (χ3v) is 5.47. The van der Waals surface area contributed by atoms with Crippen LogP contribution in [-0.2, 0) is 17.9 Å². The average Bonchev–Trinajstić information content (AvgIpc) is 3.05. The molecule has 0 saturated carbocycles. The highest BCUT2D eigenvalue weighted by Gasteiger charge is 2.40. The van der Waals surface area contributed by atoms with Crippen molar-refractivity contribution in [2.75, 3.05) is 7.11 Å². The van der Waals surface area contributed by atoms with Gasteiger partial charge in [0.1, 0.15) is 11.8 Å². The molecule has 0 aromatic heterocycles. The monoisotopic (exact) mass is 420 g/mol. The van der Waals surface area contributed by atoms with E-state index in [2.05, 4.69) is 5.32 Å². The Kier molecular flexibility index (Phi) is 5.72. The van der Waals surface area contributed by atoms with Gasteiger partial charge < -0.3 is 15.0 Å². The molecule has 1 heterocycles. The topological polar surface area (TPSA) is 58.6 Å². The van der Waals surface area contributed by atoms with Gasteiger partial charge >= 0.3 is 0 Å². The van der Waals surface area contributed by atoms with Gasteiger partial charge in [-0.1, -0.05) is 60.1 Å². The Morgan fingerprint density at radius 1 is 1.03 bits per heavy atom. The number of rotatable bonds is 6. The van der Waals surface area contributed by atoms with Crippen molar-refractivity contribution >= 4 is 23.4 Å². The van der Waals surface area contributed by atoms with Crippen molar-refractivity contribution in [1.82, 2.24) is 10.2 Å². The third kappa shape index (κ3) is 3.89. The van der Waals surface area contributed by atoms with Crippen LogP contribution in [0.15, 0.2) is 72.8 Å². The lowest BCUT2D eigenvalue weighted by molar-refractivity contribution is -0.125. The Labute approximate surface area is 180 Å². The quantitative estimate of drug-likeness (QED) is 0.644. The summed E-state index contributed by atoms with van der Waals surface area (Å²) in [5.41, 5.74) is 3.05. The molecule has 1 atom stereocenters. The van der Waals surface area contributed by atoms with Crippen molar-refractivity contribution in [3.63, 3.8) is 0 Å². The number of para-hydroxylation sites is 1. The Balaban J connectivity index is 1.59. The molecule has 2 amide bonds. The van der Waals surface area contributed by atoms with Crippen LogP contribution in [0.25, 0.3) is 0 Å². The van der Waals surface area contributed by atoms with Gasteiger partial charge in [-0.25, -0.2) is 0 Å². The maximum absolute atomic E-state index is 13.2. The van der Waals surface area contributed by atoms with Crippen LogP contribution in [0.3, 0.4) is 0 Å². The van der Waals surface area contributed by atoms with Gasteiger partial charge in [0.25, 0.3) is 5.91 Å². The second kappa shape index (κ2) is 8.59. The fraction of sp³-hybridized carbons (Fsp3) is 0.167. The van der Waals surface area contributed by atoms with Gasteiger partial charge in [-0.3, -0.25) is 9.59 Å². The van der Waals surface area contributed by atoms with E-state index in [-0.39, 0.29) is 11.8 Å². The molecule has 152 valence electrons. The summed E-state index contributed by atoms with van der Waals surface area (Å²) in [6.07, 6.45) is 0. The second-order valence-corrected chi connectivity index (χ2v) is 7.52. The number of ether oxygens (including phenoxy) is 1. The Morgan fingerprint density at radius 2 is 1.73 bits per heavy atom. The van der Waals surface area contributed by atoms with Crippen molar-refractivity contribution in [3.05, 3.63) is 100 Å². The summed E-state index contributed by atoms with van der Waals surface area (Å²) in [7, 11) is 1.60. The molecule has 1 unspecified atom stereocenters. The van der Waals surface area contributed by atoms with Gasteiger partial charge in [0.05, 0.1) is 7.11 Å². The minimum atomic E-state index is -0.695. The first-order valence-electron chi connectivity index (χ1n) is 9.62. The Bertz CT molecular complexity index is 1080. The number of methoxy groups -OCH3 is 1. The zero-order valence-corrected chi connectivity index (χ0v) is 17.2. The summed E-state index contributed by atoms with van der Waals surface area (Å²) in [4.78, 5) is 27.9. The van der Waals surface area contributed by atoms with Crippen LogP contribution in [0.1, 0.15) is 33.1 Å². The highest BCUT2D eigenvalue weighted by Crippen LogP contribution is 2.35. The molecule has 5 nitrogen and oxygen atoms in total. The molecule has 30 heavy (non-hydrogen) atoms. The zero-order valence-electron chi connectivity index (χ0n) is 16.5. The van der Waals surface area contributed by atoms with Crippen LogP contribution in [0.2, 0.25) is 5.02 Å². The van der Waals surface area contributed by atoms with E-state index >= 15 is 0 Å². The van der Waals surface area contributed by atoms with E-state index in [1.807, 2.05) is 54.6 Å². The minimum absolute atomic E-state index is 0.155. The smallest absolute Gasteiger partial charge is 0.255 e. The predicted molar refractivity (Wildman–Crippen MR) is 115 cm³/mol. The van der Waals surface area contributed by atoms with E-state index < -0.39 is 6.04 Å². The lowest BCUT2D eigenvalue weighted by Crippen LogP contribution is -2.38. The highest BCUT2D eigenvalue weighted by atomic mass is 35.5. The molecule has 3 aromatic rings. The lowest BCUT2D eigenvalue weighted by Gasteiger charge is -2.25. The molecule has 0 fully saturated rings. The van der Waals surface area contributed by atoms with Crippen molar-refractivity contribution in [2.45, 2.75) is 19.1 Å². The van der Waals surface area contributed by atoms with E-state index in [9.17, 15) is 9.59 Å². The first kappa shape index (κ1) is 20.0. The molecule has 0 saturated heterocycles. The van der Waals surface area contributed by atoms with Gasteiger partial charge in [0.15, 0.2) is 0 Å². The number of hydrogen-bond acceptors (Lipinski definition) is 3. The third-order valence-electron chi connectivity index (χ3n) is 5.22. The number of fused-ring (bicyclic) bond motifs is 1. The van der Waals surface area contributed by atoms with Crippen LogP contribution >= 0.6 is 11.6 Å². The van der Waals surface area contributed by atoms with E-state index in [0.29, 0.717) is 35.0 Å². The summed E-state index contributed by atoms with van der Waals surface area (Å²) in [6, 6.07) is 21.4. The largest absolute Gasteiger partial charge is 0.496 e. The number of hydrogen-bond donors (Lipinski definition) is 1. The summed E-state index contributed by atoms with van der Waals surface area (Å²) in [5, 5.41) is 3.59. The number of halogens is 1. The first-order chi connectivity index (χ1) is 14.6. The normalized spacial score (nSPS) is 15.1. The molecular formula is C24H21ClN2O3. The number of carbonyl (C=O) groups is 2. The summed E-state index contributed by atoms with van der Waals surface area (Å²) < 4.78 is 5.36. The van der Waals surface area contributed by atoms with Gasteiger partial charge in [0, 0.05) is 29.2 Å². The lowest BCUT2D eigenvalue weighted by atomic mass is 10.0. The SMILES string of the molecule is COc1ccccc1CNC(=O)C1c2ccccc2C(=O)N1Cc1ccc(Cl)cc1. The predicted octanol–water partition coefficient (Wildman–Crippen LogP) is 4.36. The van der Waals surface area contributed by atoms with Gasteiger partial charge in [-0.05, 0) is 35.4 Å². The summed E-state index contributed by atoms with van der Waals surface area (Å²) in [5.74, 6) is 0.324. The van der Waals surface area contributed by atoms with Crippen molar-refractivity contribution in [2.24, 2.45) is 0 Å². The fourth-order valence-corrected chi connectivity index (χ4v) is 3.86. The first-order valence-corrected chi connectivity index (χ1v) is 10.00. The van der Waals surface area contributed by atoms with Crippen molar-refractivity contribution < 1.29 is 14.3 Å². The minimum Gasteiger partial charge on any atom is -0.496 e. The molecule has 0 radical (unpaired) electrons. The molecule has 3 aromatic carbocycles. The van der Waals surface area contributed by atoms with Crippen LogP contribution < -0.4 is 10.1 Å². The fourth-order valence-electron chi connectivity index (χ4n) is 3.73. The number of benzene rings is 3. The molecule has 1 aliphatic heterocycles. The number of nitrogens with zero attached hydrogens (tertiary/aromatic N) is 1. The highest BCUT2D eigenvalue weighted by molar-refractivity contribution is 6.30. The standard InChI is InChI=1S/C24H21ClN2O3/c1-30-21-9-5-2-6-17(21)14-26-23(28)22-19-7-3-4-8-20(19)24(29)27(22)15-16-10-12-18(25)13-11-16/h2-13,22H,14-15H2,1H3,(H,26,28). The molecule has 1 aliphatic rings. The van der Waals surface area contributed by atoms with Crippen molar-refractivity contribution in [3.8, 4) is 5.75 Å². The van der Waals surface area contributed by atoms with Gasteiger partial charge in [-0.2, -0.15) is 0 Å². The summed E-state index contributed by atoms with van der Waals surface area (Å²) in [6.45, 7) is 0.627. The van der Waals surface area contributed by atoms with Gasteiger partial charge in [-0.15, -0.1) is 0 Å². The molecule has 1 N–H and O–H groups in total. The summed E-state index contributed by atoms with van der Waals surface area (Å²) >= 11 is 5.98. The number of carbonyl (C=O) groups excluding carboxylic acids is 2. The Morgan fingerprint density at radius 3 is 2.50 bits per heavy atom. The molecular weight excluding hydrogens is 400 g/mol. The van der Waals surface area contributed by atoms with Crippen LogP contribution in [-0.4, -0.2) is 23.8 Å². The van der Waals surface area contributed by atoms with E-state index in [0.717, 1.165) is 11.1 Å². The van der Waals surface area contributed by atoms with Crippen LogP contribution in [0, 0.1) is 0 Å². The second-order valence-electron chi connectivity index (χ2n) is 7.08. The maximum Gasteiger partial charge on any atom is 0.255 e. The number of nitrogens with one attached hydrogen (secondary N) is 1.